The normalized spacial score (nSPS) is 16.3. The van der Waals surface area contributed by atoms with Gasteiger partial charge in [-0.1, -0.05) is 12.1 Å². The van der Waals surface area contributed by atoms with E-state index < -0.39 is 22.9 Å². The Kier molecular flexibility index (Phi) is 5.31. The number of fused-ring (bicyclic) bond motifs is 1. The van der Waals surface area contributed by atoms with E-state index in [0.717, 1.165) is 11.0 Å². The van der Waals surface area contributed by atoms with Crippen LogP contribution in [-0.4, -0.2) is 24.2 Å². The van der Waals surface area contributed by atoms with Crippen molar-refractivity contribution in [2.24, 2.45) is 0 Å². The molecule has 1 aliphatic heterocycles. The molecule has 27 heavy (non-hydrogen) atoms. The van der Waals surface area contributed by atoms with E-state index in [4.69, 9.17) is 4.74 Å². The van der Waals surface area contributed by atoms with Crippen LogP contribution >= 0.6 is 11.8 Å². The Morgan fingerprint density at radius 3 is 2.70 bits per heavy atom. The molecule has 2 aromatic carbocycles. The third-order valence-electron chi connectivity index (χ3n) is 3.89. The number of nitrogens with one attached hydrogen (secondary N) is 2. The van der Waals surface area contributed by atoms with Gasteiger partial charge in [-0.3, -0.25) is 9.59 Å². The van der Waals surface area contributed by atoms with Gasteiger partial charge in [0.2, 0.25) is 11.8 Å². The predicted octanol–water partition coefficient (Wildman–Crippen LogP) is 4.16. The maximum atomic E-state index is 13.0. The minimum atomic E-state index is -4.59. The molecule has 0 saturated heterocycles. The monoisotopic (exact) mass is 396 g/mol. The minimum absolute atomic E-state index is 0.265. The zero-order valence-corrected chi connectivity index (χ0v) is 14.9. The second-order valence-electron chi connectivity index (χ2n) is 5.75. The summed E-state index contributed by atoms with van der Waals surface area (Å²) in [6.45, 7) is 0. The number of hydrogen-bond donors (Lipinski definition) is 2. The number of ether oxygens (including phenoxy) is 1. The number of amides is 2. The van der Waals surface area contributed by atoms with E-state index in [1.165, 1.54) is 37.1 Å². The zero-order valence-electron chi connectivity index (χ0n) is 14.1. The van der Waals surface area contributed by atoms with Crippen LogP contribution in [0.5, 0.6) is 5.75 Å². The smallest absolute Gasteiger partial charge is 0.418 e. The molecular formula is C18H15F3N2O3S. The molecule has 0 radical (unpaired) electrons. The molecule has 2 aromatic rings. The van der Waals surface area contributed by atoms with E-state index >= 15 is 0 Å². The molecular weight excluding hydrogens is 381 g/mol. The van der Waals surface area contributed by atoms with Crippen molar-refractivity contribution in [2.45, 2.75) is 22.7 Å². The Hall–Kier alpha value is -2.68. The molecule has 2 amide bonds. The molecule has 1 aliphatic rings. The number of methoxy groups -OCH3 is 1. The first-order valence-electron chi connectivity index (χ1n) is 7.89. The molecule has 5 nitrogen and oxygen atoms in total. The second kappa shape index (κ2) is 7.51. The van der Waals surface area contributed by atoms with Crippen LogP contribution < -0.4 is 15.4 Å². The fourth-order valence-corrected chi connectivity index (χ4v) is 3.73. The Balaban J connectivity index is 1.72. The minimum Gasteiger partial charge on any atom is -0.497 e. The van der Waals surface area contributed by atoms with E-state index in [1.807, 2.05) is 0 Å². The van der Waals surface area contributed by atoms with Gasteiger partial charge in [0, 0.05) is 11.3 Å². The van der Waals surface area contributed by atoms with Crippen molar-refractivity contribution in [3.63, 3.8) is 0 Å². The molecule has 142 valence electrons. The lowest BCUT2D eigenvalue weighted by atomic mass is 10.1. The van der Waals surface area contributed by atoms with Gasteiger partial charge in [-0.15, -0.1) is 11.8 Å². The van der Waals surface area contributed by atoms with Gasteiger partial charge in [0.25, 0.3) is 0 Å². The van der Waals surface area contributed by atoms with Crippen LogP contribution in [0.1, 0.15) is 12.0 Å². The number of benzene rings is 2. The molecule has 2 N–H and O–H groups in total. The number of para-hydroxylation sites is 1. The van der Waals surface area contributed by atoms with Gasteiger partial charge in [-0.2, -0.15) is 13.2 Å². The van der Waals surface area contributed by atoms with Crippen molar-refractivity contribution in [1.82, 2.24) is 0 Å². The summed E-state index contributed by atoms with van der Waals surface area (Å²) >= 11 is 1.17. The van der Waals surface area contributed by atoms with Crippen LogP contribution in [0.25, 0.3) is 0 Å². The van der Waals surface area contributed by atoms with E-state index in [9.17, 15) is 22.8 Å². The van der Waals surface area contributed by atoms with Crippen LogP contribution in [0.2, 0.25) is 0 Å². The maximum absolute atomic E-state index is 13.0. The lowest BCUT2D eigenvalue weighted by Crippen LogP contribution is -2.32. The second-order valence-corrected chi connectivity index (χ2v) is 7.00. The summed E-state index contributed by atoms with van der Waals surface area (Å²) in [6.07, 6.45) is -4.85. The van der Waals surface area contributed by atoms with Crippen molar-refractivity contribution in [1.29, 1.82) is 0 Å². The number of rotatable bonds is 4. The molecule has 1 atom stereocenters. The summed E-state index contributed by atoms with van der Waals surface area (Å²) in [5.74, 6) is -0.456. The fraction of sp³-hybridized carbons (Fsp3) is 0.222. The van der Waals surface area contributed by atoms with Crippen molar-refractivity contribution < 1.29 is 27.5 Å². The van der Waals surface area contributed by atoms with Gasteiger partial charge in [-0.05, 0) is 30.3 Å². The highest BCUT2D eigenvalue weighted by Crippen LogP contribution is 2.39. The summed E-state index contributed by atoms with van der Waals surface area (Å²) < 4.78 is 44.2. The van der Waals surface area contributed by atoms with E-state index in [1.54, 1.807) is 18.2 Å². The molecule has 3 rings (SSSR count). The Labute approximate surface area is 157 Å². The van der Waals surface area contributed by atoms with Gasteiger partial charge in [0.15, 0.2) is 0 Å². The largest absolute Gasteiger partial charge is 0.497 e. The molecule has 0 aliphatic carbocycles. The lowest BCUT2D eigenvalue weighted by molar-refractivity contribution is -0.137. The third-order valence-corrected chi connectivity index (χ3v) is 5.14. The number of alkyl halides is 3. The highest BCUT2D eigenvalue weighted by Gasteiger charge is 2.34. The summed E-state index contributed by atoms with van der Waals surface area (Å²) in [4.78, 5) is 25.2. The van der Waals surface area contributed by atoms with Crippen LogP contribution in [0, 0.1) is 0 Å². The average Bonchev–Trinajstić information content (AvgIpc) is 2.61. The van der Waals surface area contributed by atoms with Crippen molar-refractivity contribution in [2.75, 3.05) is 17.7 Å². The molecule has 0 saturated carbocycles. The SMILES string of the molecule is COc1ccc2c(c1)SC(CC(=O)Nc1ccccc1C(F)(F)F)C(=O)N2. The first kappa shape index (κ1) is 19.1. The molecule has 9 heteroatoms. The number of thioether (sulfide) groups is 1. The van der Waals surface area contributed by atoms with Gasteiger partial charge >= 0.3 is 6.18 Å². The lowest BCUT2D eigenvalue weighted by Gasteiger charge is -2.24. The van der Waals surface area contributed by atoms with Crippen LogP contribution in [-0.2, 0) is 15.8 Å². The Morgan fingerprint density at radius 1 is 1.26 bits per heavy atom. The van der Waals surface area contributed by atoms with Crippen LogP contribution in [0.15, 0.2) is 47.4 Å². The highest BCUT2D eigenvalue weighted by atomic mass is 32.2. The van der Waals surface area contributed by atoms with Gasteiger partial charge in [-0.25, -0.2) is 0 Å². The quantitative estimate of drug-likeness (QED) is 0.815. The molecule has 1 unspecified atom stereocenters. The van der Waals surface area contributed by atoms with Gasteiger partial charge < -0.3 is 15.4 Å². The molecule has 0 aromatic heterocycles. The van der Waals surface area contributed by atoms with Gasteiger partial charge in [0.05, 0.1) is 29.3 Å². The number of halogens is 3. The molecule has 0 spiro atoms. The van der Waals surface area contributed by atoms with Gasteiger partial charge in [0.1, 0.15) is 5.75 Å². The maximum Gasteiger partial charge on any atom is 0.418 e. The summed E-state index contributed by atoms with van der Waals surface area (Å²) in [5, 5.41) is 4.18. The Morgan fingerprint density at radius 2 is 2.00 bits per heavy atom. The first-order valence-corrected chi connectivity index (χ1v) is 8.77. The first-order chi connectivity index (χ1) is 12.8. The number of carbonyl (C=O) groups excluding carboxylic acids is 2. The summed E-state index contributed by atoms with van der Waals surface area (Å²) in [6, 6.07) is 9.82. The Bertz CT molecular complexity index is 886. The third kappa shape index (κ3) is 4.36. The van der Waals surface area contributed by atoms with E-state index in [2.05, 4.69) is 10.6 Å². The van der Waals surface area contributed by atoms with Crippen molar-refractivity contribution in [3.05, 3.63) is 48.0 Å². The van der Waals surface area contributed by atoms with Crippen LogP contribution in [0.3, 0.4) is 0 Å². The number of anilines is 2. The number of carbonyl (C=O) groups is 2. The average molecular weight is 396 g/mol. The molecule has 0 fully saturated rings. The molecule has 0 bridgehead atoms. The topological polar surface area (TPSA) is 67.4 Å². The predicted molar refractivity (Wildman–Crippen MR) is 96.0 cm³/mol. The summed E-state index contributed by atoms with van der Waals surface area (Å²) in [5.41, 5.74) is -0.669. The van der Waals surface area contributed by atoms with Crippen molar-refractivity contribution >= 4 is 35.0 Å². The standard InChI is InChI=1S/C18H15F3N2O3S/c1-26-10-6-7-13-14(8-10)27-15(17(25)23-13)9-16(24)22-12-5-3-2-4-11(12)18(19,20)21/h2-8,15H,9H2,1H3,(H,22,24)(H,23,25). The number of hydrogen-bond acceptors (Lipinski definition) is 4. The van der Waals surface area contributed by atoms with E-state index in [0.29, 0.717) is 11.4 Å². The summed E-state index contributed by atoms with van der Waals surface area (Å²) in [7, 11) is 1.51. The van der Waals surface area contributed by atoms with E-state index in [-0.39, 0.29) is 18.0 Å². The zero-order chi connectivity index (χ0) is 19.6. The fourth-order valence-electron chi connectivity index (χ4n) is 2.59. The van der Waals surface area contributed by atoms with Crippen LogP contribution in [0.4, 0.5) is 24.5 Å². The highest BCUT2D eigenvalue weighted by molar-refractivity contribution is 8.01. The molecule has 1 heterocycles. The van der Waals surface area contributed by atoms with Crippen molar-refractivity contribution in [3.8, 4) is 5.75 Å².